The Morgan fingerprint density at radius 1 is 1.43 bits per heavy atom. The van der Waals surface area contributed by atoms with Gasteiger partial charge in [-0.05, 0) is 26.3 Å². The summed E-state index contributed by atoms with van der Waals surface area (Å²) < 4.78 is 5.83. The van der Waals surface area contributed by atoms with Crippen molar-refractivity contribution >= 4 is 0 Å². The van der Waals surface area contributed by atoms with Gasteiger partial charge in [0.2, 0.25) is 0 Å². The lowest BCUT2D eigenvalue weighted by atomic mass is 9.92. The van der Waals surface area contributed by atoms with Gasteiger partial charge in [0.05, 0.1) is 6.10 Å². The van der Waals surface area contributed by atoms with E-state index in [9.17, 15) is 0 Å². The average Bonchev–Trinajstić information content (AvgIpc) is 2.25. The summed E-state index contributed by atoms with van der Waals surface area (Å²) in [5, 5.41) is 3.33. The third kappa shape index (κ3) is 3.69. The minimum atomic E-state index is 0.409. The van der Waals surface area contributed by atoms with Crippen molar-refractivity contribution in [3.8, 4) is 12.3 Å². The Bertz CT molecular complexity index is 185. The van der Waals surface area contributed by atoms with Crippen molar-refractivity contribution in [2.24, 2.45) is 0 Å². The van der Waals surface area contributed by atoms with Crippen LogP contribution in [0.25, 0.3) is 0 Å². The molecule has 0 heterocycles. The van der Waals surface area contributed by atoms with Gasteiger partial charge in [-0.25, -0.2) is 0 Å². The van der Waals surface area contributed by atoms with Crippen molar-refractivity contribution in [2.75, 3.05) is 13.7 Å². The quantitative estimate of drug-likeness (QED) is 0.535. The third-order valence-electron chi connectivity index (χ3n) is 2.87. The van der Waals surface area contributed by atoms with Gasteiger partial charge in [-0.3, -0.25) is 0 Å². The van der Waals surface area contributed by atoms with Crippen LogP contribution in [0.15, 0.2) is 0 Å². The highest BCUT2D eigenvalue weighted by molar-refractivity contribution is 4.83. The molecule has 14 heavy (non-hydrogen) atoms. The molecule has 2 unspecified atom stereocenters. The van der Waals surface area contributed by atoms with Crippen molar-refractivity contribution in [2.45, 2.75) is 50.7 Å². The first-order valence-electron chi connectivity index (χ1n) is 5.61. The molecule has 0 bridgehead atoms. The van der Waals surface area contributed by atoms with Crippen LogP contribution in [0, 0.1) is 12.3 Å². The highest BCUT2D eigenvalue weighted by Crippen LogP contribution is 2.21. The van der Waals surface area contributed by atoms with Crippen LogP contribution in [0.1, 0.15) is 38.5 Å². The van der Waals surface area contributed by atoms with E-state index in [-0.39, 0.29) is 0 Å². The SMILES string of the molecule is C#CCCCOC1CCCCC1NC. The maximum atomic E-state index is 5.83. The molecule has 1 aliphatic carbocycles. The van der Waals surface area contributed by atoms with Crippen molar-refractivity contribution in [1.29, 1.82) is 0 Å². The van der Waals surface area contributed by atoms with E-state index in [1.54, 1.807) is 0 Å². The monoisotopic (exact) mass is 195 g/mol. The lowest BCUT2D eigenvalue weighted by molar-refractivity contribution is 0.00652. The minimum Gasteiger partial charge on any atom is -0.377 e. The summed E-state index contributed by atoms with van der Waals surface area (Å²) >= 11 is 0. The molecule has 1 aliphatic rings. The summed E-state index contributed by atoms with van der Waals surface area (Å²) in [6.45, 7) is 0.813. The molecule has 1 fully saturated rings. The lowest BCUT2D eigenvalue weighted by Crippen LogP contribution is -2.41. The molecule has 2 nitrogen and oxygen atoms in total. The fraction of sp³-hybridized carbons (Fsp3) is 0.833. The topological polar surface area (TPSA) is 21.3 Å². The molecule has 0 aromatic carbocycles. The molecule has 1 rings (SSSR count). The second-order valence-electron chi connectivity index (χ2n) is 3.90. The second kappa shape index (κ2) is 6.86. The van der Waals surface area contributed by atoms with Gasteiger partial charge in [0, 0.05) is 19.1 Å². The molecule has 0 radical (unpaired) electrons. The number of nitrogens with one attached hydrogen (secondary N) is 1. The number of terminal acetylenes is 1. The largest absolute Gasteiger partial charge is 0.377 e. The standard InChI is InChI=1S/C12H21NO/c1-3-4-7-10-14-12-9-6-5-8-11(12)13-2/h1,11-13H,4-10H2,2H3. The van der Waals surface area contributed by atoms with Crippen LogP contribution in [-0.2, 0) is 4.74 Å². The predicted molar refractivity (Wildman–Crippen MR) is 59.1 cm³/mol. The Hall–Kier alpha value is -0.520. The van der Waals surface area contributed by atoms with E-state index in [4.69, 9.17) is 11.2 Å². The minimum absolute atomic E-state index is 0.409. The Morgan fingerprint density at radius 3 is 2.93 bits per heavy atom. The molecule has 0 aliphatic heterocycles. The average molecular weight is 195 g/mol. The molecule has 1 N–H and O–H groups in total. The summed E-state index contributed by atoms with van der Waals surface area (Å²) in [6, 6.07) is 0.551. The van der Waals surface area contributed by atoms with E-state index < -0.39 is 0 Å². The number of unbranched alkanes of at least 4 members (excludes halogenated alkanes) is 1. The number of rotatable bonds is 5. The van der Waals surface area contributed by atoms with Gasteiger partial charge in [-0.15, -0.1) is 12.3 Å². The molecule has 0 amide bonds. The van der Waals surface area contributed by atoms with E-state index in [1.165, 1.54) is 25.7 Å². The summed E-state index contributed by atoms with van der Waals surface area (Å²) in [6.07, 6.45) is 12.5. The van der Waals surface area contributed by atoms with Crippen LogP contribution in [0.5, 0.6) is 0 Å². The van der Waals surface area contributed by atoms with Gasteiger partial charge in [0.25, 0.3) is 0 Å². The van der Waals surface area contributed by atoms with Gasteiger partial charge in [0.15, 0.2) is 0 Å². The van der Waals surface area contributed by atoms with Gasteiger partial charge >= 0.3 is 0 Å². The zero-order valence-corrected chi connectivity index (χ0v) is 9.09. The number of hydrogen-bond donors (Lipinski definition) is 1. The third-order valence-corrected chi connectivity index (χ3v) is 2.87. The zero-order chi connectivity index (χ0) is 10.2. The van der Waals surface area contributed by atoms with Crippen LogP contribution in [-0.4, -0.2) is 25.8 Å². The maximum Gasteiger partial charge on any atom is 0.0727 e. The highest BCUT2D eigenvalue weighted by atomic mass is 16.5. The molecule has 1 saturated carbocycles. The number of likely N-dealkylation sites (N-methyl/N-ethyl adjacent to an activating group) is 1. The highest BCUT2D eigenvalue weighted by Gasteiger charge is 2.23. The van der Waals surface area contributed by atoms with Crippen molar-refractivity contribution in [1.82, 2.24) is 5.32 Å². The number of ether oxygens (including phenoxy) is 1. The van der Waals surface area contributed by atoms with Crippen LogP contribution in [0.2, 0.25) is 0 Å². The molecule has 0 aromatic rings. The van der Waals surface area contributed by atoms with Crippen LogP contribution in [0.4, 0.5) is 0 Å². The second-order valence-corrected chi connectivity index (χ2v) is 3.90. The Morgan fingerprint density at radius 2 is 2.21 bits per heavy atom. The summed E-state index contributed by atoms with van der Waals surface area (Å²) in [5.74, 6) is 2.64. The van der Waals surface area contributed by atoms with Crippen LogP contribution < -0.4 is 5.32 Å². The summed E-state index contributed by atoms with van der Waals surface area (Å²) in [4.78, 5) is 0. The molecular formula is C12H21NO. The van der Waals surface area contributed by atoms with E-state index >= 15 is 0 Å². The van der Waals surface area contributed by atoms with E-state index in [0.717, 1.165) is 19.4 Å². The van der Waals surface area contributed by atoms with E-state index in [2.05, 4.69) is 11.2 Å². The van der Waals surface area contributed by atoms with Gasteiger partial charge in [-0.2, -0.15) is 0 Å². The normalized spacial score (nSPS) is 27.1. The van der Waals surface area contributed by atoms with E-state index in [0.29, 0.717) is 12.1 Å². The first-order valence-corrected chi connectivity index (χ1v) is 5.61. The van der Waals surface area contributed by atoms with Gasteiger partial charge in [0.1, 0.15) is 0 Å². The number of hydrogen-bond acceptors (Lipinski definition) is 2. The molecule has 2 heteroatoms. The summed E-state index contributed by atoms with van der Waals surface area (Å²) in [7, 11) is 2.02. The Labute approximate surface area is 87.4 Å². The molecular weight excluding hydrogens is 174 g/mol. The summed E-state index contributed by atoms with van der Waals surface area (Å²) in [5.41, 5.74) is 0. The fourth-order valence-electron chi connectivity index (χ4n) is 2.04. The van der Waals surface area contributed by atoms with Gasteiger partial charge in [-0.1, -0.05) is 12.8 Å². The van der Waals surface area contributed by atoms with Gasteiger partial charge < -0.3 is 10.1 Å². The molecule has 2 atom stereocenters. The van der Waals surface area contributed by atoms with Crippen LogP contribution in [0.3, 0.4) is 0 Å². The molecule has 0 spiro atoms. The fourth-order valence-corrected chi connectivity index (χ4v) is 2.04. The molecule has 0 saturated heterocycles. The maximum absolute atomic E-state index is 5.83. The van der Waals surface area contributed by atoms with Crippen LogP contribution >= 0.6 is 0 Å². The first-order chi connectivity index (χ1) is 6.88. The zero-order valence-electron chi connectivity index (χ0n) is 9.09. The van der Waals surface area contributed by atoms with Crippen molar-refractivity contribution < 1.29 is 4.74 Å². The lowest BCUT2D eigenvalue weighted by Gasteiger charge is -2.31. The molecule has 80 valence electrons. The van der Waals surface area contributed by atoms with Crippen molar-refractivity contribution in [3.05, 3.63) is 0 Å². The van der Waals surface area contributed by atoms with Crippen molar-refractivity contribution in [3.63, 3.8) is 0 Å². The predicted octanol–water partition coefficient (Wildman–Crippen LogP) is 1.95. The molecule has 0 aromatic heterocycles. The Balaban J connectivity index is 2.17. The smallest absolute Gasteiger partial charge is 0.0727 e. The Kier molecular flexibility index (Phi) is 5.66. The van der Waals surface area contributed by atoms with E-state index in [1.807, 2.05) is 7.05 Å². The first kappa shape index (κ1) is 11.6.